The van der Waals surface area contributed by atoms with Crippen molar-refractivity contribution >= 4 is 11.6 Å². The van der Waals surface area contributed by atoms with Crippen LogP contribution in [0, 0.1) is 13.8 Å². The highest BCUT2D eigenvalue weighted by molar-refractivity contribution is 5.96. The lowest BCUT2D eigenvalue weighted by molar-refractivity contribution is -0.118. The summed E-state index contributed by atoms with van der Waals surface area (Å²) in [6, 6.07) is 12.0. The van der Waals surface area contributed by atoms with Gasteiger partial charge in [-0.25, -0.2) is 0 Å². The minimum atomic E-state index is 0.0837. The molecule has 1 heterocycles. The predicted octanol–water partition coefficient (Wildman–Crippen LogP) is 4.06. The molecule has 2 aromatic carbocycles. The van der Waals surface area contributed by atoms with Gasteiger partial charge in [0.1, 0.15) is 13.2 Å². The number of carbonyl (C=O) groups excluding carboxylic acids is 1. The topological polar surface area (TPSA) is 38.8 Å². The minimum absolute atomic E-state index is 0.0837. The monoisotopic (exact) mass is 339 g/mol. The Balaban J connectivity index is 1.85. The summed E-state index contributed by atoms with van der Waals surface area (Å²) in [7, 11) is 0. The molecule has 0 atom stereocenters. The van der Waals surface area contributed by atoms with Crippen LogP contribution in [-0.4, -0.2) is 25.2 Å². The SMILES string of the molecule is Cc1ccc(C)c(N(C(=O)Cc2ccc3c(c2)OCCO3)C(C)C)c1. The third-order valence-corrected chi connectivity index (χ3v) is 4.37. The number of hydrogen-bond donors (Lipinski definition) is 0. The molecule has 0 saturated heterocycles. The molecular weight excluding hydrogens is 314 g/mol. The Morgan fingerprint density at radius 2 is 1.76 bits per heavy atom. The third-order valence-electron chi connectivity index (χ3n) is 4.37. The Bertz CT molecular complexity index is 783. The van der Waals surface area contributed by atoms with Crippen molar-refractivity contribution in [2.45, 2.75) is 40.2 Å². The zero-order valence-corrected chi connectivity index (χ0v) is 15.3. The average molecular weight is 339 g/mol. The quantitative estimate of drug-likeness (QED) is 0.843. The van der Waals surface area contributed by atoms with Crippen LogP contribution >= 0.6 is 0 Å². The van der Waals surface area contributed by atoms with Crippen molar-refractivity contribution in [1.82, 2.24) is 0 Å². The second-order valence-electron chi connectivity index (χ2n) is 6.80. The zero-order valence-electron chi connectivity index (χ0n) is 15.3. The molecule has 1 aliphatic rings. The molecule has 25 heavy (non-hydrogen) atoms. The first-order valence-electron chi connectivity index (χ1n) is 8.73. The summed E-state index contributed by atoms with van der Waals surface area (Å²) in [6.07, 6.45) is 0.336. The molecule has 0 saturated carbocycles. The van der Waals surface area contributed by atoms with E-state index in [2.05, 4.69) is 18.2 Å². The van der Waals surface area contributed by atoms with Gasteiger partial charge in [-0.15, -0.1) is 0 Å². The molecule has 1 amide bonds. The maximum atomic E-state index is 13.0. The van der Waals surface area contributed by atoms with Crippen LogP contribution in [0.25, 0.3) is 0 Å². The van der Waals surface area contributed by atoms with Gasteiger partial charge in [-0.2, -0.15) is 0 Å². The van der Waals surface area contributed by atoms with E-state index in [-0.39, 0.29) is 11.9 Å². The van der Waals surface area contributed by atoms with Crippen LogP contribution in [0.1, 0.15) is 30.5 Å². The van der Waals surface area contributed by atoms with E-state index in [1.807, 2.05) is 50.8 Å². The maximum absolute atomic E-state index is 13.0. The van der Waals surface area contributed by atoms with Gasteiger partial charge < -0.3 is 14.4 Å². The number of nitrogens with zero attached hydrogens (tertiary/aromatic N) is 1. The van der Waals surface area contributed by atoms with E-state index in [0.29, 0.717) is 19.6 Å². The summed E-state index contributed by atoms with van der Waals surface area (Å²) in [5.74, 6) is 1.55. The Morgan fingerprint density at radius 1 is 1.04 bits per heavy atom. The highest BCUT2D eigenvalue weighted by Crippen LogP contribution is 2.31. The molecule has 4 heteroatoms. The van der Waals surface area contributed by atoms with Crippen LogP contribution < -0.4 is 14.4 Å². The van der Waals surface area contributed by atoms with Crippen molar-refractivity contribution in [2.75, 3.05) is 18.1 Å². The first-order chi connectivity index (χ1) is 12.0. The second kappa shape index (κ2) is 7.18. The number of fused-ring (bicyclic) bond motifs is 1. The molecule has 0 unspecified atom stereocenters. The van der Waals surface area contributed by atoms with Gasteiger partial charge in [-0.3, -0.25) is 4.79 Å². The Labute approximate surface area is 149 Å². The van der Waals surface area contributed by atoms with Gasteiger partial charge in [0.2, 0.25) is 5.91 Å². The maximum Gasteiger partial charge on any atom is 0.231 e. The van der Waals surface area contributed by atoms with Gasteiger partial charge in [-0.1, -0.05) is 18.2 Å². The summed E-state index contributed by atoms with van der Waals surface area (Å²) < 4.78 is 11.2. The van der Waals surface area contributed by atoms with Crippen LogP contribution in [0.2, 0.25) is 0 Å². The van der Waals surface area contributed by atoms with Crippen LogP contribution in [0.5, 0.6) is 11.5 Å². The summed E-state index contributed by atoms with van der Waals surface area (Å²) >= 11 is 0. The van der Waals surface area contributed by atoms with Crippen molar-refractivity contribution in [1.29, 1.82) is 0 Å². The molecule has 0 aromatic heterocycles. The molecule has 0 spiro atoms. The molecule has 0 bridgehead atoms. The molecule has 0 fully saturated rings. The smallest absolute Gasteiger partial charge is 0.231 e. The van der Waals surface area contributed by atoms with Crippen molar-refractivity contribution in [3.8, 4) is 11.5 Å². The number of anilines is 1. The summed E-state index contributed by atoms with van der Waals surface area (Å²) in [5.41, 5.74) is 4.18. The minimum Gasteiger partial charge on any atom is -0.486 e. The number of hydrogen-bond acceptors (Lipinski definition) is 3. The van der Waals surface area contributed by atoms with Gasteiger partial charge >= 0.3 is 0 Å². The summed E-state index contributed by atoms with van der Waals surface area (Å²) in [4.78, 5) is 14.9. The first-order valence-corrected chi connectivity index (χ1v) is 8.73. The molecule has 3 rings (SSSR count). The molecule has 0 aliphatic carbocycles. The van der Waals surface area contributed by atoms with Crippen molar-refractivity contribution in [3.63, 3.8) is 0 Å². The molecule has 4 nitrogen and oxygen atoms in total. The Hall–Kier alpha value is -2.49. The summed E-state index contributed by atoms with van der Waals surface area (Å²) in [6.45, 7) is 9.30. The fourth-order valence-electron chi connectivity index (χ4n) is 3.14. The van der Waals surface area contributed by atoms with E-state index < -0.39 is 0 Å². The van der Waals surface area contributed by atoms with E-state index in [0.717, 1.165) is 33.9 Å². The third kappa shape index (κ3) is 3.78. The van der Waals surface area contributed by atoms with Crippen LogP contribution in [0.3, 0.4) is 0 Å². The predicted molar refractivity (Wildman–Crippen MR) is 99.7 cm³/mol. The molecular formula is C21H25NO3. The molecule has 1 aliphatic heterocycles. The van der Waals surface area contributed by atoms with E-state index in [1.54, 1.807) is 0 Å². The highest BCUT2D eigenvalue weighted by atomic mass is 16.6. The largest absolute Gasteiger partial charge is 0.486 e. The van der Waals surface area contributed by atoms with E-state index in [9.17, 15) is 4.79 Å². The number of benzene rings is 2. The fourth-order valence-corrected chi connectivity index (χ4v) is 3.14. The lowest BCUT2D eigenvalue weighted by Crippen LogP contribution is -2.38. The van der Waals surface area contributed by atoms with Gasteiger partial charge in [0.25, 0.3) is 0 Å². The fraction of sp³-hybridized carbons (Fsp3) is 0.381. The van der Waals surface area contributed by atoms with Crippen LogP contribution in [-0.2, 0) is 11.2 Å². The second-order valence-corrected chi connectivity index (χ2v) is 6.80. The number of aryl methyl sites for hydroxylation is 2. The first kappa shape index (κ1) is 17.3. The molecule has 132 valence electrons. The lowest BCUT2D eigenvalue weighted by atomic mass is 10.1. The summed E-state index contributed by atoms with van der Waals surface area (Å²) in [5, 5.41) is 0. The molecule has 0 N–H and O–H groups in total. The number of ether oxygens (including phenoxy) is 2. The Morgan fingerprint density at radius 3 is 2.48 bits per heavy atom. The van der Waals surface area contributed by atoms with E-state index in [4.69, 9.17) is 9.47 Å². The average Bonchev–Trinajstić information content (AvgIpc) is 2.58. The lowest BCUT2D eigenvalue weighted by Gasteiger charge is -2.29. The van der Waals surface area contributed by atoms with E-state index in [1.165, 1.54) is 0 Å². The van der Waals surface area contributed by atoms with Crippen molar-refractivity contribution in [2.24, 2.45) is 0 Å². The van der Waals surface area contributed by atoms with Crippen LogP contribution in [0.4, 0.5) is 5.69 Å². The number of carbonyl (C=O) groups is 1. The molecule has 2 aromatic rings. The Kier molecular flexibility index (Phi) is 4.98. The molecule has 0 radical (unpaired) electrons. The van der Waals surface area contributed by atoms with Gasteiger partial charge in [0, 0.05) is 11.7 Å². The van der Waals surface area contributed by atoms with Gasteiger partial charge in [0.05, 0.1) is 6.42 Å². The number of rotatable bonds is 4. The van der Waals surface area contributed by atoms with Crippen molar-refractivity contribution in [3.05, 3.63) is 53.1 Å². The highest BCUT2D eigenvalue weighted by Gasteiger charge is 2.22. The zero-order chi connectivity index (χ0) is 18.0. The van der Waals surface area contributed by atoms with E-state index >= 15 is 0 Å². The number of amides is 1. The standard InChI is InChI=1S/C21H25NO3/c1-14(2)22(18-11-15(3)5-6-16(18)4)21(23)13-17-7-8-19-20(12-17)25-10-9-24-19/h5-8,11-12,14H,9-10,13H2,1-4H3. The van der Waals surface area contributed by atoms with Gasteiger partial charge in [-0.05, 0) is 62.6 Å². The normalized spacial score (nSPS) is 13.0. The van der Waals surface area contributed by atoms with Crippen LogP contribution in [0.15, 0.2) is 36.4 Å². The van der Waals surface area contributed by atoms with Crippen molar-refractivity contribution < 1.29 is 14.3 Å². The van der Waals surface area contributed by atoms with Gasteiger partial charge in [0.15, 0.2) is 11.5 Å².